The monoisotopic (exact) mass is 293 g/mol. The second kappa shape index (κ2) is 6.86. The smallest absolute Gasteiger partial charge is 0.124 e. The van der Waals surface area contributed by atoms with Gasteiger partial charge in [0.1, 0.15) is 11.6 Å². The molecule has 20 heavy (non-hydrogen) atoms. The van der Waals surface area contributed by atoms with Crippen molar-refractivity contribution in [2.24, 2.45) is 0 Å². The largest absolute Gasteiger partial charge is 0.310 e. The van der Waals surface area contributed by atoms with E-state index in [0.29, 0.717) is 12.6 Å². The van der Waals surface area contributed by atoms with Gasteiger partial charge < -0.3 is 5.32 Å². The molecule has 0 fully saturated rings. The standard InChI is InChI=1S/C16H17F2NS/c1-11(2)19-10-12-8-14(18)6-7-16(12)20-15-5-3-4-13(17)9-15/h3-9,11,19H,10H2,1-2H3. The second-order valence-electron chi connectivity index (χ2n) is 4.85. The van der Waals surface area contributed by atoms with E-state index in [9.17, 15) is 8.78 Å². The lowest BCUT2D eigenvalue weighted by Gasteiger charge is -2.12. The van der Waals surface area contributed by atoms with Gasteiger partial charge in [0, 0.05) is 22.4 Å². The maximum atomic E-state index is 13.4. The predicted molar refractivity (Wildman–Crippen MR) is 78.9 cm³/mol. The van der Waals surface area contributed by atoms with Crippen LogP contribution < -0.4 is 5.32 Å². The van der Waals surface area contributed by atoms with Crippen LogP contribution in [0.15, 0.2) is 52.3 Å². The average molecular weight is 293 g/mol. The van der Waals surface area contributed by atoms with Crippen molar-refractivity contribution in [1.82, 2.24) is 5.32 Å². The summed E-state index contributed by atoms with van der Waals surface area (Å²) < 4.78 is 26.6. The zero-order valence-electron chi connectivity index (χ0n) is 11.5. The fourth-order valence-electron chi connectivity index (χ4n) is 1.76. The molecule has 0 saturated carbocycles. The predicted octanol–water partition coefficient (Wildman–Crippen LogP) is 4.61. The molecule has 0 aliphatic carbocycles. The van der Waals surface area contributed by atoms with Gasteiger partial charge in [0.05, 0.1) is 0 Å². The van der Waals surface area contributed by atoms with Crippen molar-refractivity contribution in [3.63, 3.8) is 0 Å². The summed E-state index contributed by atoms with van der Waals surface area (Å²) in [6.07, 6.45) is 0. The topological polar surface area (TPSA) is 12.0 Å². The lowest BCUT2D eigenvalue weighted by Crippen LogP contribution is -2.22. The van der Waals surface area contributed by atoms with Gasteiger partial charge in [-0.2, -0.15) is 0 Å². The number of nitrogens with one attached hydrogen (secondary N) is 1. The first-order valence-corrected chi connectivity index (χ1v) is 7.31. The lowest BCUT2D eigenvalue weighted by atomic mass is 10.2. The van der Waals surface area contributed by atoms with Crippen LogP contribution in [0.25, 0.3) is 0 Å². The van der Waals surface area contributed by atoms with Crippen molar-refractivity contribution in [2.75, 3.05) is 0 Å². The van der Waals surface area contributed by atoms with Crippen LogP contribution in [-0.4, -0.2) is 6.04 Å². The molecule has 2 rings (SSSR count). The first-order valence-electron chi connectivity index (χ1n) is 6.50. The molecule has 0 atom stereocenters. The third kappa shape index (κ3) is 4.32. The minimum Gasteiger partial charge on any atom is -0.310 e. The fraction of sp³-hybridized carbons (Fsp3) is 0.250. The Balaban J connectivity index is 2.21. The quantitative estimate of drug-likeness (QED) is 0.863. The first-order chi connectivity index (χ1) is 9.54. The summed E-state index contributed by atoms with van der Waals surface area (Å²) in [6, 6.07) is 11.4. The number of halogens is 2. The van der Waals surface area contributed by atoms with Crippen molar-refractivity contribution >= 4 is 11.8 Å². The molecule has 2 aromatic carbocycles. The van der Waals surface area contributed by atoms with Crippen LogP contribution in [0.2, 0.25) is 0 Å². The maximum Gasteiger partial charge on any atom is 0.124 e. The van der Waals surface area contributed by atoms with E-state index < -0.39 is 0 Å². The van der Waals surface area contributed by atoms with Crippen LogP contribution in [-0.2, 0) is 6.54 Å². The first kappa shape index (κ1) is 15.0. The number of hydrogen-bond acceptors (Lipinski definition) is 2. The molecule has 4 heteroatoms. The van der Waals surface area contributed by atoms with Gasteiger partial charge in [0.25, 0.3) is 0 Å². The Hall–Kier alpha value is -1.39. The Morgan fingerprint density at radius 3 is 2.50 bits per heavy atom. The minimum atomic E-state index is -0.265. The SMILES string of the molecule is CC(C)NCc1cc(F)ccc1Sc1cccc(F)c1. The zero-order chi connectivity index (χ0) is 14.5. The summed E-state index contributed by atoms with van der Waals surface area (Å²) in [6.45, 7) is 4.67. The summed E-state index contributed by atoms with van der Waals surface area (Å²) in [7, 11) is 0. The second-order valence-corrected chi connectivity index (χ2v) is 5.96. The lowest BCUT2D eigenvalue weighted by molar-refractivity contribution is 0.576. The molecule has 106 valence electrons. The van der Waals surface area contributed by atoms with Gasteiger partial charge in [-0.3, -0.25) is 0 Å². The van der Waals surface area contributed by atoms with Crippen molar-refractivity contribution < 1.29 is 8.78 Å². The summed E-state index contributed by atoms with van der Waals surface area (Å²) in [4.78, 5) is 1.74. The summed E-state index contributed by atoms with van der Waals surface area (Å²) in [5, 5.41) is 3.27. The summed E-state index contributed by atoms with van der Waals surface area (Å²) in [5.41, 5.74) is 0.882. The molecule has 0 spiro atoms. The van der Waals surface area contributed by atoms with Crippen LogP contribution in [0, 0.1) is 11.6 Å². The zero-order valence-corrected chi connectivity index (χ0v) is 12.3. The molecular weight excluding hydrogens is 276 g/mol. The van der Waals surface area contributed by atoms with Crippen molar-refractivity contribution in [1.29, 1.82) is 0 Å². The molecule has 0 heterocycles. The number of rotatable bonds is 5. The van der Waals surface area contributed by atoms with Crippen LogP contribution in [0.4, 0.5) is 8.78 Å². The minimum absolute atomic E-state index is 0.255. The molecule has 0 aliphatic heterocycles. The summed E-state index contributed by atoms with van der Waals surface area (Å²) >= 11 is 1.44. The average Bonchev–Trinajstić information content (AvgIpc) is 2.39. The Bertz CT molecular complexity index is 584. The Kier molecular flexibility index (Phi) is 5.15. The molecule has 2 aromatic rings. The van der Waals surface area contributed by atoms with Crippen molar-refractivity contribution in [3.05, 3.63) is 59.7 Å². The van der Waals surface area contributed by atoms with Gasteiger partial charge in [-0.15, -0.1) is 0 Å². The molecular formula is C16H17F2NS. The molecule has 1 N–H and O–H groups in total. The van der Waals surface area contributed by atoms with Crippen LogP contribution >= 0.6 is 11.8 Å². The van der Waals surface area contributed by atoms with Crippen LogP contribution in [0.5, 0.6) is 0 Å². The Labute approximate surface area is 122 Å². The molecule has 0 bridgehead atoms. The highest BCUT2D eigenvalue weighted by Gasteiger charge is 2.07. The van der Waals surface area contributed by atoms with Gasteiger partial charge in [-0.05, 0) is 42.0 Å². The number of benzene rings is 2. The van der Waals surface area contributed by atoms with E-state index in [1.807, 2.05) is 19.9 Å². The van der Waals surface area contributed by atoms with Crippen LogP contribution in [0.3, 0.4) is 0 Å². The van der Waals surface area contributed by atoms with Crippen molar-refractivity contribution in [3.8, 4) is 0 Å². The molecule has 0 radical (unpaired) electrons. The van der Waals surface area contributed by atoms with E-state index in [1.165, 1.54) is 36.0 Å². The van der Waals surface area contributed by atoms with Gasteiger partial charge in [-0.1, -0.05) is 31.7 Å². The van der Waals surface area contributed by atoms with E-state index in [-0.39, 0.29) is 11.6 Å². The van der Waals surface area contributed by atoms with Crippen LogP contribution in [0.1, 0.15) is 19.4 Å². The third-order valence-electron chi connectivity index (χ3n) is 2.75. The molecule has 0 saturated heterocycles. The van der Waals surface area contributed by atoms with E-state index in [4.69, 9.17) is 0 Å². The van der Waals surface area contributed by atoms with E-state index >= 15 is 0 Å². The molecule has 0 aliphatic rings. The Morgan fingerprint density at radius 1 is 1.05 bits per heavy atom. The highest BCUT2D eigenvalue weighted by molar-refractivity contribution is 7.99. The van der Waals surface area contributed by atoms with Gasteiger partial charge >= 0.3 is 0 Å². The third-order valence-corrected chi connectivity index (χ3v) is 3.86. The molecule has 0 unspecified atom stereocenters. The summed E-state index contributed by atoms with van der Waals surface area (Å²) in [5.74, 6) is -0.520. The van der Waals surface area contributed by atoms with E-state index in [1.54, 1.807) is 12.1 Å². The highest BCUT2D eigenvalue weighted by atomic mass is 32.2. The molecule has 0 amide bonds. The van der Waals surface area contributed by atoms with Crippen molar-refractivity contribution in [2.45, 2.75) is 36.2 Å². The molecule has 0 aromatic heterocycles. The van der Waals surface area contributed by atoms with E-state index in [2.05, 4.69) is 5.32 Å². The Morgan fingerprint density at radius 2 is 1.80 bits per heavy atom. The van der Waals surface area contributed by atoms with E-state index in [0.717, 1.165) is 15.4 Å². The molecule has 1 nitrogen and oxygen atoms in total. The normalized spacial score (nSPS) is 11.1. The van der Waals surface area contributed by atoms with Gasteiger partial charge in [-0.25, -0.2) is 8.78 Å². The number of hydrogen-bond donors (Lipinski definition) is 1. The van der Waals surface area contributed by atoms with Gasteiger partial charge in [0.15, 0.2) is 0 Å². The highest BCUT2D eigenvalue weighted by Crippen LogP contribution is 2.31. The van der Waals surface area contributed by atoms with Gasteiger partial charge in [0.2, 0.25) is 0 Å². The maximum absolute atomic E-state index is 13.4. The fourth-order valence-corrected chi connectivity index (χ4v) is 2.73.